The fourth-order valence-corrected chi connectivity index (χ4v) is 1.16. The third-order valence-electron chi connectivity index (χ3n) is 2.01. The smallest absolute Gasteiger partial charge is 0.401 e. The first-order valence-electron chi connectivity index (χ1n) is 4.97. The molecule has 0 heterocycles. The minimum absolute atomic E-state index is 1.56. The Morgan fingerprint density at radius 2 is 1.15 bits per heavy atom. The highest BCUT2D eigenvalue weighted by Crippen LogP contribution is 2.52. The Kier molecular flexibility index (Phi) is 6.18. The van der Waals surface area contributed by atoms with Gasteiger partial charge in [0.25, 0.3) is 0 Å². The van der Waals surface area contributed by atoms with Gasteiger partial charge in [0.2, 0.25) is 0 Å². The maximum absolute atomic E-state index is 13.4. The molecule has 4 nitrogen and oxygen atoms in total. The summed E-state index contributed by atoms with van der Waals surface area (Å²) in [6, 6.07) is -11.3. The minimum Gasteiger partial charge on any atom is -0.401 e. The summed E-state index contributed by atoms with van der Waals surface area (Å²) in [6.45, 7) is 0. The molecule has 1 atom stereocenters. The molecule has 26 heavy (non-hydrogen) atoms. The standard InChI is InChI=1S/C7F14O4S/c8-1(9)2(10)24-7(20,3(11,12)4(13,14)15)25-5(16,17)6(18,19)26(21,22)23. The zero-order valence-corrected chi connectivity index (χ0v) is 11.6. The van der Waals surface area contributed by atoms with E-state index in [1.807, 2.05) is 4.74 Å². The van der Waals surface area contributed by atoms with Gasteiger partial charge in [-0.25, -0.2) is 4.74 Å². The van der Waals surface area contributed by atoms with Crippen molar-refractivity contribution in [3.8, 4) is 0 Å². The van der Waals surface area contributed by atoms with E-state index in [9.17, 15) is 69.4 Å². The first-order chi connectivity index (χ1) is 11.0. The molecule has 156 valence electrons. The average Bonchev–Trinajstić information content (AvgIpc) is 2.34. The molecule has 0 aromatic rings. The van der Waals surface area contributed by atoms with Gasteiger partial charge in [-0.2, -0.15) is 65.5 Å². The highest BCUT2D eigenvalue weighted by Gasteiger charge is 2.81. The average molecular weight is 446 g/mol. The largest absolute Gasteiger partial charge is 0.464 e. The van der Waals surface area contributed by atoms with Crippen molar-refractivity contribution in [3.05, 3.63) is 12.1 Å². The molecular formula is C7F14O4S. The molecule has 1 unspecified atom stereocenters. The van der Waals surface area contributed by atoms with E-state index in [0.717, 1.165) is 0 Å². The Balaban J connectivity index is 6.45. The number of hydrogen-bond donors (Lipinski definition) is 0. The summed E-state index contributed by atoms with van der Waals surface area (Å²) in [5.74, 6) is -7.59. The van der Waals surface area contributed by atoms with E-state index in [1.165, 1.54) is 0 Å². The number of alkyl halides is 10. The summed E-state index contributed by atoms with van der Waals surface area (Å²) < 4.78 is 197. The van der Waals surface area contributed by atoms with E-state index in [2.05, 4.69) is 0 Å². The van der Waals surface area contributed by atoms with Crippen LogP contribution in [0.5, 0.6) is 0 Å². The van der Waals surface area contributed by atoms with Crippen LogP contribution in [0.2, 0.25) is 0 Å². The molecule has 0 radical (unpaired) electrons. The van der Waals surface area contributed by atoms with Crippen LogP contribution in [-0.4, -0.2) is 37.9 Å². The quantitative estimate of drug-likeness (QED) is 0.253. The molecule has 0 aromatic heterocycles. The number of halogens is 14. The third-order valence-corrected chi connectivity index (χ3v) is 2.86. The van der Waals surface area contributed by atoms with Crippen molar-refractivity contribution in [2.24, 2.45) is 0 Å². The van der Waals surface area contributed by atoms with Crippen LogP contribution in [0.3, 0.4) is 0 Å². The van der Waals surface area contributed by atoms with Gasteiger partial charge in [-0.3, -0.25) is 0 Å². The Morgan fingerprint density at radius 1 is 0.769 bits per heavy atom. The number of ether oxygens (including phenoxy) is 2. The molecule has 19 heteroatoms. The van der Waals surface area contributed by atoms with Gasteiger partial charge in [-0.15, -0.1) is 0 Å². The molecule has 0 spiro atoms. The zero-order chi connectivity index (χ0) is 21.6. The van der Waals surface area contributed by atoms with E-state index in [0.29, 0.717) is 0 Å². The second-order valence-corrected chi connectivity index (χ2v) is 5.21. The lowest BCUT2D eigenvalue weighted by Gasteiger charge is -2.35. The number of rotatable bonds is 7. The number of hydrogen-bond acceptors (Lipinski definition) is 4. The first-order valence-corrected chi connectivity index (χ1v) is 6.35. The lowest BCUT2D eigenvalue weighted by atomic mass is 10.3. The van der Waals surface area contributed by atoms with E-state index in [1.54, 1.807) is 4.74 Å². The Hall–Kier alpha value is -1.53. The summed E-state index contributed by atoms with van der Waals surface area (Å²) in [5, 5.41) is -7.34. The molecule has 0 saturated heterocycles. The molecule has 0 aliphatic rings. The monoisotopic (exact) mass is 446 g/mol. The predicted molar refractivity (Wildman–Crippen MR) is 47.3 cm³/mol. The van der Waals surface area contributed by atoms with Crippen molar-refractivity contribution in [1.29, 1.82) is 0 Å². The molecule has 0 aliphatic carbocycles. The lowest BCUT2D eigenvalue weighted by molar-refractivity contribution is -0.513. The maximum Gasteiger partial charge on any atom is 0.464 e. The van der Waals surface area contributed by atoms with Crippen molar-refractivity contribution >= 4 is 10.2 Å². The summed E-state index contributed by atoms with van der Waals surface area (Å²) in [5.41, 5.74) is 0. The van der Waals surface area contributed by atoms with Gasteiger partial charge in [-0.1, -0.05) is 3.89 Å². The zero-order valence-electron chi connectivity index (χ0n) is 10.8. The molecular weight excluding hydrogens is 446 g/mol. The highest BCUT2D eigenvalue weighted by atomic mass is 32.3. The van der Waals surface area contributed by atoms with Crippen LogP contribution >= 0.6 is 0 Å². The van der Waals surface area contributed by atoms with E-state index < -0.39 is 51.8 Å². The second-order valence-electron chi connectivity index (χ2n) is 3.82. The molecule has 0 amide bonds. The highest BCUT2D eigenvalue weighted by molar-refractivity contribution is 7.87. The van der Waals surface area contributed by atoms with Crippen LogP contribution in [0, 0.1) is 0 Å². The molecule has 0 aromatic carbocycles. The molecule has 0 saturated carbocycles. The minimum atomic E-state index is -7.87. The Bertz CT molecular complexity index is 661. The van der Waals surface area contributed by atoms with Gasteiger partial charge in [0, 0.05) is 0 Å². The molecule has 0 aliphatic heterocycles. The van der Waals surface area contributed by atoms with Crippen LogP contribution in [0.25, 0.3) is 0 Å². The van der Waals surface area contributed by atoms with E-state index in [-0.39, 0.29) is 0 Å². The van der Waals surface area contributed by atoms with Gasteiger partial charge in [0.1, 0.15) is 0 Å². The first kappa shape index (κ1) is 24.5. The van der Waals surface area contributed by atoms with Gasteiger partial charge in [0.15, 0.2) is 0 Å². The van der Waals surface area contributed by atoms with Crippen LogP contribution in [0.1, 0.15) is 0 Å². The topological polar surface area (TPSA) is 52.6 Å². The van der Waals surface area contributed by atoms with Crippen LogP contribution in [0.15, 0.2) is 12.1 Å². The second kappa shape index (κ2) is 6.57. The van der Waals surface area contributed by atoms with E-state index in [4.69, 9.17) is 0 Å². The van der Waals surface area contributed by atoms with Crippen LogP contribution in [-0.2, 0) is 19.7 Å². The third kappa shape index (κ3) is 4.23. The van der Waals surface area contributed by atoms with Crippen molar-refractivity contribution in [1.82, 2.24) is 0 Å². The summed E-state index contributed by atoms with van der Waals surface area (Å²) in [4.78, 5) is 0. The van der Waals surface area contributed by atoms with Gasteiger partial charge in [0.05, 0.1) is 0 Å². The van der Waals surface area contributed by atoms with Crippen molar-refractivity contribution in [3.63, 3.8) is 0 Å². The van der Waals surface area contributed by atoms with Crippen molar-refractivity contribution < 1.29 is 78.9 Å². The van der Waals surface area contributed by atoms with Gasteiger partial charge in [-0.05, 0) is 0 Å². The Morgan fingerprint density at radius 3 is 1.42 bits per heavy atom. The molecule has 0 rings (SSSR count). The summed E-state index contributed by atoms with van der Waals surface area (Å²) in [7, 11) is -7.87. The molecule has 0 bridgehead atoms. The fraction of sp³-hybridized carbons (Fsp3) is 0.714. The normalized spacial score (nSPS) is 16.8. The van der Waals surface area contributed by atoms with E-state index >= 15 is 0 Å². The van der Waals surface area contributed by atoms with Crippen molar-refractivity contribution in [2.75, 3.05) is 0 Å². The molecule has 0 N–H and O–H groups in total. The maximum atomic E-state index is 13.4. The van der Waals surface area contributed by atoms with Crippen LogP contribution in [0.4, 0.5) is 61.0 Å². The Labute approximate surface area is 132 Å². The van der Waals surface area contributed by atoms with Crippen molar-refractivity contribution in [2.45, 2.75) is 29.5 Å². The predicted octanol–water partition coefficient (Wildman–Crippen LogP) is 4.36. The van der Waals surface area contributed by atoms with Gasteiger partial charge >= 0.3 is 51.8 Å². The summed E-state index contributed by atoms with van der Waals surface area (Å²) in [6.07, 6.45) is -18.9. The summed E-state index contributed by atoms with van der Waals surface area (Å²) >= 11 is 0. The lowest BCUT2D eigenvalue weighted by Crippen LogP contribution is -2.62. The van der Waals surface area contributed by atoms with Crippen LogP contribution < -0.4 is 0 Å². The SMILES string of the molecule is O=S(=O)(F)C(F)(F)C(F)(F)OC(F)(OC(F)=C(F)F)C(F)(F)C(F)(F)F. The fourth-order valence-electron chi connectivity index (χ4n) is 0.838. The van der Waals surface area contributed by atoms with Gasteiger partial charge < -0.3 is 4.74 Å². The molecule has 0 fully saturated rings.